The fourth-order valence-corrected chi connectivity index (χ4v) is 1.61. The second kappa shape index (κ2) is 9.83. The number of hydrogen-bond donors (Lipinski definition) is 0. The van der Waals surface area contributed by atoms with Crippen molar-refractivity contribution in [3.8, 4) is 0 Å². The molecule has 0 aliphatic carbocycles. The monoisotopic (exact) mass is 262 g/mol. The Hall–Kier alpha value is -1.04. The van der Waals surface area contributed by atoms with Gasteiger partial charge >= 0.3 is 0 Å². The Bertz CT molecular complexity index is 363. The molecule has 0 saturated carbocycles. The Balaban J connectivity index is 4.21. The highest BCUT2D eigenvalue weighted by atomic mass is 15.3. The van der Waals surface area contributed by atoms with Gasteiger partial charge in [0.15, 0.2) is 0 Å². The molecule has 0 N–H and O–H groups in total. The molecule has 0 rings (SSSR count). The van der Waals surface area contributed by atoms with E-state index in [2.05, 4.69) is 71.8 Å². The van der Waals surface area contributed by atoms with Crippen molar-refractivity contribution < 1.29 is 4.48 Å². The molecule has 0 fully saturated rings. The largest absolute Gasteiger partial charge is 0.325 e. The van der Waals surface area contributed by atoms with Gasteiger partial charge in [-0.2, -0.15) is 0 Å². The molecular weight excluding hydrogens is 230 g/mol. The summed E-state index contributed by atoms with van der Waals surface area (Å²) < 4.78 is 1.03. The van der Waals surface area contributed by atoms with Crippen LogP contribution in [0.5, 0.6) is 0 Å². The minimum atomic E-state index is 1.03. The molecule has 0 heterocycles. The van der Waals surface area contributed by atoms with E-state index in [1.165, 1.54) is 11.1 Å². The van der Waals surface area contributed by atoms with Crippen LogP contribution in [0.2, 0.25) is 0 Å². The molecule has 0 radical (unpaired) electrons. The third kappa shape index (κ3) is 9.53. The van der Waals surface area contributed by atoms with Gasteiger partial charge in [-0.15, -0.1) is 5.73 Å². The maximum atomic E-state index is 3.32. The van der Waals surface area contributed by atoms with Gasteiger partial charge in [0, 0.05) is 6.08 Å². The van der Waals surface area contributed by atoms with E-state index >= 15 is 0 Å². The Labute approximate surface area is 120 Å². The average molecular weight is 262 g/mol. The number of nitrogens with zero attached hydrogens (tertiary/aromatic N) is 1. The van der Waals surface area contributed by atoms with E-state index in [4.69, 9.17) is 0 Å². The number of hydrogen-bond acceptors (Lipinski definition) is 0. The normalized spacial score (nSPS) is 13.2. The van der Waals surface area contributed by atoms with Gasteiger partial charge in [-0.05, 0) is 46.1 Å². The minimum Gasteiger partial charge on any atom is -0.325 e. The van der Waals surface area contributed by atoms with Gasteiger partial charge < -0.3 is 4.48 Å². The summed E-state index contributed by atoms with van der Waals surface area (Å²) in [6.07, 6.45) is 12.2. The van der Waals surface area contributed by atoms with Crippen molar-refractivity contribution in [1.29, 1.82) is 0 Å². The Morgan fingerprint density at radius 2 is 1.84 bits per heavy atom. The highest BCUT2D eigenvalue weighted by molar-refractivity contribution is 5.21. The third-order valence-corrected chi connectivity index (χ3v) is 3.63. The highest BCUT2D eigenvalue weighted by Gasteiger charge is 2.07. The van der Waals surface area contributed by atoms with Crippen molar-refractivity contribution >= 4 is 0 Å². The molecule has 0 spiro atoms. The zero-order chi connectivity index (χ0) is 14.7. The maximum absolute atomic E-state index is 3.32. The summed E-state index contributed by atoms with van der Waals surface area (Å²) in [4.78, 5) is 0. The molecule has 0 atom stereocenters. The summed E-state index contributed by atoms with van der Waals surface area (Å²) in [6.45, 7) is 10.9. The van der Waals surface area contributed by atoms with Gasteiger partial charge in [-0.25, -0.2) is 0 Å². The third-order valence-electron chi connectivity index (χ3n) is 3.63. The molecule has 0 aromatic carbocycles. The molecule has 19 heavy (non-hydrogen) atoms. The molecule has 0 aliphatic heterocycles. The lowest BCUT2D eigenvalue weighted by Gasteiger charge is -2.25. The predicted octanol–water partition coefficient (Wildman–Crippen LogP) is 4.88. The van der Waals surface area contributed by atoms with Crippen LogP contribution >= 0.6 is 0 Å². The number of allylic oxidation sites excluding steroid dienone is 4. The van der Waals surface area contributed by atoms with Crippen molar-refractivity contribution in [2.24, 2.45) is 0 Å². The van der Waals surface area contributed by atoms with Crippen LogP contribution in [-0.2, 0) is 0 Å². The van der Waals surface area contributed by atoms with Gasteiger partial charge in [0.1, 0.15) is 6.54 Å². The zero-order valence-corrected chi connectivity index (χ0v) is 13.8. The van der Waals surface area contributed by atoms with E-state index in [-0.39, 0.29) is 0 Å². The van der Waals surface area contributed by atoms with Gasteiger partial charge in [0.25, 0.3) is 0 Å². The fourth-order valence-electron chi connectivity index (χ4n) is 1.61. The second-order valence-corrected chi connectivity index (χ2v) is 5.74. The van der Waals surface area contributed by atoms with E-state index in [1.807, 2.05) is 0 Å². The first-order valence-corrected chi connectivity index (χ1v) is 7.49. The molecule has 0 aliphatic rings. The lowest BCUT2D eigenvalue weighted by molar-refractivity contribution is -0.882. The molecular formula is C18H32N+. The molecule has 0 saturated heterocycles. The smallest absolute Gasteiger partial charge is 0.104 e. The van der Waals surface area contributed by atoms with Crippen LogP contribution in [0, 0.1) is 0 Å². The number of quaternary nitrogens is 1. The van der Waals surface area contributed by atoms with Crippen LogP contribution in [0.4, 0.5) is 0 Å². The standard InChI is InChI=1S/C18H32N/c1-7-17(4)16-18(8-2)14-12-10-11-13-15-19(5,6)9-3/h7,10,13,16H,8-9,12,14-15H2,1-6H3/q+1. The Morgan fingerprint density at radius 3 is 2.37 bits per heavy atom. The molecule has 1 heteroatoms. The Morgan fingerprint density at radius 1 is 1.16 bits per heavy atom. The molecule has 108 valence electrons. The fraction of sp³-hybridized carbons (Fsp3) is 0.611. The first kappa shape index (κ1) is 18.0. The lowest BCUT2D eigenvalue weighted by Crippen LogP contribution is -2.38. The van der Waals surface area contributed by atoms with Crippen LogP contribution in [0.1, 0.15) is 47.0 Å². The van der Waals surface area contributed by atoms with Gasteiger partial charge in [-0.3, -0.25) is 0 Å². The van der Waals surface area contributed by atoms with Gasteiger partial charge in [-0.1, -0.05) is 30.2 Å². The van der Waals surface area contributed by atoms with Crippen LogP contribution in [0.15, 0.2) is 41.2 Å². The summed E-state index contributed by atoms with van der Waals surface area (Å²) in [5, 5.41) is 0. The van der Waals surface area contributed by atoms with E-state index < -0.39 is 0 Å². The number of rotatable bonds is 8. The van der Waals surface area contributed by atoms with Gasteiger partial charge in [0.2, 0.25) is 0 Å². The van der Waals surface area contributed by atoms with E-state index in [1.54, 1.807) is 0 Å². The van der Waals surface area contributed by atoms with Crippen molar-refractivity contribution in [3.63, 3.8) is 0 Å². The molecule has 0 unspecified atom stereocenters. The predicted molar refractivity (Wildman–Crippen MR) is 87.2 cm³/mol. The Kier molecular flexibility index (Phi) is 9.30. The molecule has 0 aromatic rings. The van der Waals surface area contributed by atoms with Crippen molar-refractivity contribution in [1.82, 2.24) is 0 Å². The maximum Gasteiger partial charge on any atom is 0.104 e. The lowest BCUT2D eigenvalue weighted by atomic mass is 10.0. The number of likely N-dealkylation sites (N-methyl/N-ethyl adjacent to an activating group) is 1. The SMILES string of the molecule is CC=C(C)C=C(CC)CCC=C=CC[N+](C)(C)CC. The molecule has 1 nitrogen and oxygen atoms in total. The minimum absolute atomic E-state index is 1.03. The summed E-state index contributed by atoms with van der Waals surface area (Å²) in [5.74, 6) is 0. The summed E-state index contributed by atoms with van der Waals surface area (Å²) >= 11 is 0. The summed E-state index contributed by atoms with van der Waals surface area (Å²) in [7, 11) is 4.49. The van der Waals surface area contributed by atoms with Crippen LogP contribution in [0.25, 0.3) is 0 Å². The first-order chi connectivity index (χ1) is 8.95. The van der Waals surface area contributed by atoms with E-state index in [9.17, 15) is 0 Å². The van der Waals surface area contributed by atoms with Crippen molar-refractivity contribution in [2.45, 2.75) is 47.0 Å². The quantitative estimate of drug-likeness (QED) is 0.332. The topological polar surface area (TPSA) is 0 Å². The van der Waals surface area contributed by atoms with Crippen LogP contribution < -0.4 is 0 Å². The zero-order valence-electron chi connectivity index (χ0n) is 13.8. The summed E-state index contributed by atoms with van der Waals surface area (Å²) in [5.41, 5.74) is 6.20. The first-order valence-electron chi connectivity index (χ1n) is 7.49. The molecule has 0 bridgehead atoms. The van der Waals surface area contributed by atoms with Gasteiger partial charge in [0.05, 0.1) is 20.6 Å². The van der Waals surface area contributed by atoms with E-state index in [0.717, 1.165) is 36.8 Å². The summed E-state index contributed by atoms with van der Waals surface area (Å²) in [6, 6.07) is 0. The van der Waals surface area contributed by atoms with Crippen LogP contribution in [0.3, 0.4) is 0 Å². The van der Waals surface area contributed by atoms with Crippen molar-refractivity contribution in [2.75, 3.05) is 27.2 Å². The molecule has 0 aromatic heterocycles. The molecule has 0 amide bonds. The average Bonchev–Trinajstić information content (AvgIpc) is 2.40. The highest BCUT2D eigenvalue weighted by Crippen LogP contribution is 2.12. The van der Waals surface area contributed by atoms with Crippen molar-refractivity contribution in [3.05, 3.63) is 41.2 Å². The van der Waals surface area contributed by atoms with Crippen LogP contribution in [-0.4, -0.2) is 31.7 Å². The second-order valence-electron chi connectivity index (χ2n) is 5.74. The van der Waals surface area contributed by atoms with E-state index in [0.29, 0.717) is 0 Å².